The summed E-state index contributed by atoms with van der Waals surface area (Å²) in [5.41, 5.74) is 6.54. The fourth-order valence-corrected chi connectivity index (χ4v) is 1.12. The number of furan rings is 1. The summed E-state index contributed by atoms with van der Waals surface area (Å²) in [7, 11) is 0. The van der Waals surface area contributed by atoms with Gasteiger partial charge in [-0.1, -0.05) is 0 Å². The lowest BCUT2D eigenvalue weighted by Gasteiger charge is -2.16. The van der Waals surface area contributed by atoms with E-state index < -0.39 is 0 Å². The fraction of sp³-hybridized carbons (Fsp3) is 0.500. The fourth-order valence-electron chi connectivity index (χ4n) is 0.936. The van der Waals surface area contributed by atoms with Crippen LogP contribution in [-0.2, 0) is 6.42 Å². The highest BCUT2D eigenvalue weighted by atomic mass is 35.5. The van der Waals surface area contributed by atoms with Crippen LogP contribution in [0.3, 0.4) is 0 Å². The Bertz CT molecular complexity index is 236. The number of nitrogens with two attached hydrogens (primary N) is 1. The first kappa shape index (κ1) is 8.62. The third-order valence-corrected chi connectivity index (χ3v) is 1.67. The van der Waals surface area contributed by atoms with Crippen LogP contribution >= 0.6 is 11.6 Å². The SMILES string of the molecule is CC(C)(N)Cc1ccoc1Cl. The minimum Gasteiger partial charge on any atom is -0.453 e. The van der Waals surface area contributed by atoms with Crippen LogP contribution in [0.2, 0.25) is 5.22 Å². The lowest BCUT2D eigenvalue weighted by molar-refractivity contribution is 0.508. The predicted octanol–water partition coefficient (Wildman–Crippen LogP) is 2.21. The van der Waals surface area contributed by atoms with Crippen LogP contribution in [0, 0.1) is 0 Å². The van der Waals surface area contributed by atoms with E-state index in [2.05, 4.69) is 0 Å². The van der Waals surface area contributed by atoms with Crippen molar-refractivity contribution in [3.05, 3.63) is 23.1 Å². The van der Waals surface area contributed by atoms with Crippen LogP contribution in [-0.4, -0.2) is 5.54 Å². The molecular weight excluding hydrogens is 162 g/mol. The summed E-state index contributed by atoms with van der Waals surface area (Å²) in [5.74, 6) is 0. The van der Waals surface area contributed by atoms with Gasteiger partial charge >= 0.3 is 0 Å². The van der Waals surface area contributed by atoms with E-state index in [0.717, 1.165) is 12.0 Å². The lowest BCUT2D eigenvalue weighted by atomic mass is 9.98. The van der Waals surface area contributed by atoms with Crippen molar-refractivity contribution in [2.75, 3.05) is 0 Å². The number of rotatable bonds is 2. The van der Waals surface area contributed by atoms with Gasteiger partial charge in [-0.2, -0.15) is 0 Å². The molecule has 1 heterocycles. The summed E-state index contributed by atoms with van der Waals surface area (Å²) < 4.78 is 4.92. The molecule has 1 aromatic rings. The van der Waals surface area contributed by atoms with Gasteiger partial charge in [0.05, 0.1) is 6.26 Å². The average Bonchev–Trinajstić information content (AvgIpc) is 2.12. The van der Waals surface area contributed by atoms with Crippen LogP contribution in [0.5, 0.6) is 0 Å². The zero-order valence-electron chi connectivity index (χ0n) is 6.73. The Balaban J connectivity index is 2.72. The molecule has 0 aliphatic carbocycles. The Morgan fingerprint density at radius 2 is 2.27 bits per heavy atom. The lowest BCUT2D eigenvalue weighted by Crippen LogP contribution is -2.34. The molecule has 0 saturated heterocycles. The van der Waals surface area contributed by atoms with Crippen molar-refractivity contribution in [1.29, 1.82) is 0 Å². The summed E-state index contributed by atoms with van der Waals surface area (Å²) in [5, 5.41) is 0.448. The number of hydrogen-bond acceptors (Lipinski definition) is 2. The van der Waals surface area contributed by atoms with E-state index in [9.17, 15) is 0 Å². The molecule has 0 bridgehead atoms. The van der Waals surface area contributed by atoms with Gasteiger partial charge in [-0.15, -0.1) is 0 Å². The van der Waals surface area contributed by atoms with Crippen LogP contribution in [0.1, 0.15) is 19.4 Å². The molecule has 0 unspecified atom stereocenters. The Kier molecular flexibility index (Phi) is 2.25. The molecule has 0 radical (unpaired) electrons. The standard InChI is InChI=1S/C8H12ClNO/c1-8(2,10)5-6-3-4-11-7(6)9/h3-4H,5,10H2,1-2H3. The molecule has 2 N–H and O–H groups in total. The molecule has 3 heteroatoms. The first-order chi connectivity index (χ1) is 4.99. The van der Waals surface area contributed by atoms with E-state index in [0.29, 0.717) is 5.22 Å². The van der Waals surface area contributed by atoms with E-state index in [1.807, 2.05) is 19.9 Å². The zero-order valence-corrected chi connectivity index (χ0v) is 7.48. The third kappa shape index (κ3) is 2.56. The minimum atomic E-state index is -0.229. The third-order valence-electron chi connectivity index (χ3n) is 1.34. The number of halogens is 1. The summed E-state index contributed by atoms with van der Waals surface area (Å²) in [6, 6.07) is 1.84. The molecule has 0 aliphatic rings. The first-order valence-electron chi connectivity index (χ1n) is 3.50. The van der Waals surface area contributed by atoms with Crippen molar-refractivity contribution in [2.45, 2.75) is 25.8 Å². The monoisotopic (exact) mass is 173 g/mol. The first-order valence-corrected chi connectivity index (χ1v) is 3.87. The molecule has 0 spiro atoms. The van der Waals surface area contributed by atoms with E-state index in [1.165, 1.54) is 0 Å². The molecular formula is C8H12ClNO. The molecule has 0 amide bonds. The van der Waals surface area contributed by atoms with E-state index >= 15 is 0 Å². The second-order valence-corrected chi connectivity index (χ2v) is 3.73. The van der Waals surface area contributed by atoms with Gasteiger partial charge in [0.1, 0.15) is 0 Å². The van der Waals surface area contributed by atoms with Crippen molar-refractivity contribution in [3.8, 4) is 0 Å². The van der Waals surface area contributed by atoms with Crippen molar-refractivity contribution < 1.29 is 4.42 Å². The van der Waals surface area contributed by atoms with Crippen molar-refractivity contribution in [1.82, 2.24) is 0 Å². The van der Waals surface area contributed by atoms with Crippen LogP contribution < -0.4 is 5.73 Å². The molecule has 1 aromatic heterocycles. The minimum absolute atomic E-state index is 0.229. The van der Waals surface area contributed by atoms with Gasteiger partial charge in [0.2, 0.25) is 0 Å². The number of hydrogen-bond donors (Lipinski definition) is 1. The molecule has 1 rings (SSSR count). The van der Waals surface area contributed by atoms with Crippen LogP contribution in [0.4, 0.5) is 0 Å². The Labute approximate surface area is 71.3 Å². The molecule has 0 aliphatic heterocycles. The topological polar surface area (TPSA) is 39.2 Å². The molecule has 11 heavy (non-hydrogen) atoms. The largest absolute Gasteiger partial charge is 0.453 e. The Hall–Kier alpha value is -0.470. The van der Waals surface area contributed by atoms with Crippen LogP contribution in [0.15, 0.2) is 16.7 Å². The molecule has 0 fully saturated rings. The Morgan fingerprint density at radius 1 is 1.64 bits per heavy atom. The molecule has 62 valence electrons. The second-order valence-electron chi connectivity index (χ2n) is 3.38. The maximum Gasteiger partial charge on any atom is 0.196 e. The predicted molar refractivity (Wildman–Crippen MR) is 45.7 cm³/mol. The normalized spacial score (nSPS) is 12.0. The molecule has 0 aromatic carbocycles. The quantitative estimate of drug-likeness (QED) is 0.745. The average molecular weight is 174 g/mol. The zero-order chi connectivity index (χ0) is 8.48. The van der Waals surface area contributed by atoms with E-state index in [4.69, 9.17) is 21.8 Å². The van der Waals surface area contributed by atoms with Crippen LogP contribution in [0.25, 0.3) is 0 Å². The Morgan fingerprint density at radius 3 is 2.64 bits per heavy atom. The van der Waals surface area contributed by atoms with Gasteiger partial charge in [-0.25, -0.2) is 0 Å². The highest BCUT2D eigenvalue weighted by Crippen LogP contribution is 2.20. The van der Waals surface area contributed by atoms with Gasteiger partial charge < -0.3 is 10.2 Å². The highest BCUT2D eigenvalue weighted by Gasteiger charge is 2.14. The van der Waals surface area contributed by atoms with E-state index in [-0.39, 0.29) is 5.54 Å². The smallest absolute Gasteiger partial charge is 0.196 e. The van der Waals surface area contributed by atoms with Crippen molar-refractivity contribution >= 4 is 11.6 Å². The van der Waals surface area contributed by atoms with Crippen molar-refractivity contribution in [2.24, 2.45) is 5.73 Å². The summed E-state index contributed by atoms with van der Waals surface area (Å²) in [6.07, 6.45) is 2.31. The van der Waals surface area contributed by atoms with Gasteiger partial charge in [0, 0.05) is 11.1 Å². The molecule has 0 atom stereocenters. The maximum atomic E-state index is 5.80. The summed E-state index contributed by atoms with van der Waals surface area (Å²) in [4.78, 5) is 0. The molecule has 2 nitrogen and oxygen atoms in total. The van der Waals surface area contributed by atoms with Gasteiger partial charge in [-0.05, 0) is 37.9 Å². The van der Waals surface area contributed by atoms with Gasteiger partial charge in [0.15, 0.2) is 5.22 Å². The maximum absolute atomic E-state index is 5.80. The highest BCUT2D eigenvalue weighted by molar-refractivity contribution is 6.29. The second kappa shape index (κ2) is 2.88. The van der Waals surface area contributed by atoms with Crippen molar-refractivity contribution in [3.63, 3.8) is 0 Å². The van der Waals surface area contributed by atoms with Gasteiger partial charge in [0.25, 0.3) is 0 Å². The van der Waals surface area contributed by atoms with Gasteiger partial charge in [-0.3, -0.25) is 0 Å². The molecule has 0 saturated carbocycles. The summed E-state index contributed by atoms with van der Waals surface area (Å²) in [6.45, 7) is 3.91. The van der Waals surface area contributed by atoms with E-state index in [1.54, 1.807) is 6.26 Å². The summed E-state index contributed by atoms with van der Waals surface area (Å²) >= 11 is 5.72.